The zero-order valence-electron chi connectivity index (χ0n) is 11.3. The summed E-state index contributed by atoms with van der Waals surface area (Å²) >= 11 is 0. The molecule has 1 saturated carbocycles. The van der Waals surface area contributed by atoms with Crippen LogP contribution >= 0.6 is 0 Å². The Labute approximate surface area is 116 Å². The lowest BCUT2D eigenvalue weighted by atomic mass is 9.78. The van der Waals surface area contributed by atoms with E-state index in [4.69, 9.17) is 0 Å². The predicted octanol–water partition coefficient (Wildman–Crippen LogP) is 1.60. The van der Waals surface area contributed by atoms with E-state index >= 15 is 0 Å². The summed E-state index contributed by atoms with van der Waals surface area (Å²) in [5.74, 6) is -0.587. The van der Waals surface area contributed by atoms with Crippen molar-refractivity contribution in [2.45, 2.75) is 31.1 Å². The molecular formula is C14H18FN3O2. The number of urea groups is 1. The number of hydrogen-bond donors (Lipinski definition) is 3. The molecular weight excluding hydrogens is 261 g/mol. The second-order valence-corrected chi connectivity index (χ2v) is 4.95. The van der Waals surface area contributed by atoms with E-state index in [1.165, 1.54) is 19.2 Å². The Bertz CT molecular complexity index is 496. The number of rotatable bonds is 2. The van der Waals surface area contributed by atoms with Gasteiger partial charge in [0.25, 0.3) is 0 Å². The molecule has 1 aromatic carbocycles. The molecule has 2 rings (SSSR count). The number of nitrogens with one attached hydrogen (secondary N) is 3. The van der Waals surface area contributed by atoms with Gasteiger partial charge in [-0.3, -0.25) is 10.2 Å². The quantitative estimate of drug-likeness (QED) is 0.720. The van der Waals surface area contributed by atoms with Crippen molar-refractivity contribution in [3.8, 4) is 0 Å². The van der Waals surface area contributed by atoms with E-state index in [1.54, 1.807) is 12.1 Å². The van der Waals surface area contributed by atoms with Crippen LogP contribution in [0.5, 0.6) is 0 Å². The summed E-state index contributed by atoms with van der Waals surface area (Å²) in [6.45, 7) is 0. The third-order valence-electron chi connectivity index (χ3n) is 3.81. The van der Waals surface area contributed by atoms with E-state index in [0.29, 0.717) is 12.8 Å². The molecule has 0 aromatic heterocycles. The van der Waals surface area contributed by atoms with Crippen molar-refractivity contribution in [3.05, 3.63) is 35.6 Å². The van der Waals surface area contributed by atoms with Gasteiger partial charge in [0, 0.05) is 7.05 Å². The highest BCUT2D eigenvalue weighted by atomic mass is 19.1. The summed E-state index contributed by atoms with van der Waals surface area (Å²) in [6, 6.07) is 5.51. The molecule has 6 heteroatoms. The van der Waals surface area contributed by atoms with Gasteiger partial charge in [-0.1, -0.05) is 25.0 Å². The van der Waals surface area contributed by atoms with Gasteiger partial charge in [0.1, 0.15) is 5.82 Å². The highest BCUT2D eigenvalue weighted by Crippen LogP contribution is 2.41. The van der Waals surface area contributed by atoms with Gasteiger partial charge >= 0.3 is 6.03 Å². The lowest BCUT2D eigenvalue weighted by Gasteiger charge is -2.28. The van der Waals surface area contributed by atoms with Gasteiger partial charge in [0.15, 0.2) is 0 Å². The van der Waals surface area contributed by atoms with Gasteiger partial charge in [-0.15, -0.1) is 0 Å². The predicted molar refractivity (Wildman–Crippen MR) is 72.3 cm³/mol. The molecule has 0 heterocycles. The van der Waals surface area contributed by atoms with Crippen LogP contribution in [0.3, 0.4) is 0 Å². The first-order valence-corrected chi connectivity index (χ1v) is 6.63. The van der Waals surface area contributed by atoms with Gasteiger partial charge in [-0.2, -0.15) is 0 Å². The van der Waals surface area contributed by atoms with Crippen molar-refractivity contribution < 1.29 is 14.0 Å². The van der Waals surface area contributed by atoms with Gasteiger partial charge < -0.3 is 5.32 Å². The van der Waals surface area contributed by atoms with E-state index in [1.807, 2.05) is 0 Å². The highest BCUT2D eigenvalue weighted by molar-refractivity contribution is 5.90. The Morgan fingerprint density at radius 1 is 1.10 bits per heavy atom. The monoisotopic (exact) mass is 279 g/mol. The standard InChI is InChI=1S/C14H18FN3O2/c1-16-13(20)18-17-12(19)14(8-2-3-9-14)10-4-6-11(15)7-5-10/h4-7H,2-3,8-9H2,1H3,(H,17,19)(H2,16,18,20). The fourth-order valence-corrected chi connectivity index (χ4v) is 2.69. The Morgan fingerprint density at radius 3 is 2.25 bits per heavy atom. The number of amides is 3. The van der Waals surface area contributed by atoms with Gasteiger partial charge in [0.2, 0.25) is 5.91 Å². The van der Waals surface area contributed by atoms with Crippen molar-refractivity contribution in [2.75, 3.05) is 7.05 Å². The summed E-state index contributed by atoms with van der Waals surface area (Å²) in [4.78, 5) is 23.6. The lowest BCUT2D eigenvalue weighted by Crippen LogP contribution is -2.52. The van der Waals surface area contributed by atoms with Crippen molar-refractivity contribution in [1.29, 1.82) is 0 Å². The lowest BCUT2D eigenvalue weighted by molar-refractivity contribution is -0.127. The normalized spacial score (nSPS) is 16.5. The highest BCUT2D eigenvalue weighted by Gasteiger charge is 2.42. The molecule has 5 nitrogen and oxygen atoms in total. The minimum absolute atomic E-state index is 0.259. The van der Waals surface area contributed by atoms with Gasteiger partial charge in [-0.25, -0.2) is 14.6 Å². The topological polar surface area (TPSA) is 70.2 Å². The first-order chi connectivity index (χ1) is 9.58. The summed E-state index contributed by atoms with van der Waals surface area (Å²) in [5.41, 5.74) is 4.82. The Kier molecular flexibility index (Phi) is 4.22. The minimum atomic E-state index is -0.686. The molecule has 1 fully saturated rings. The van der Waals surface area contributed by atoms with E-state index in [-0.39, 0.29) is 11.7 Å². The number of carbonyl (C=O) groups excluding carboxylic acids is 2. The number of hydrogen-bond acceptors (Lipinski definition) is 2. The molecule has 0 atom stereocenters. The van der Waals surface area contributed by atoms with Crippen LogP contribution in [0.15, 0.2) is 24.3 Å². The van der Waals surface area contributed by atoms with Crippen LogP contribution in [0.25, 0.3) is 0 Å². The van der Waals surface area contributed by atoms with Crippen LogP contribution in [0.4, 0.5) is 9.18 Å². The van der Waals surface area contributed by atoms with Crippen molar-refractivity contribution in [2.24, 2.45) is 0 Å². The van der Waals surface area contributed by atoms with Crippen LogP contribution in [0, 0.1) is 5.82 Å². The molecule has 0 spiro atoms. The largest absolute Gasteiger partial charge is 0.340 e. The van der Waals surface area contributed by atoms with Crippen molar-refractivity contribution >= 4 is 11.9 Å². The smallest absolute Gasteiger partial charge is 0.333 e. The molecule has 0 aliphatic heterocycles. The molecule has 1 aliphatic carbocycles. The van der Waals surface area contributed by atoms with Gasteiger partial charge in [0.05, 0.1) is 5.41 Å². The summed E-state index contributed by atoms with van der Waals surface area (Å²) in [6.07, 6.45) is 3.26. The molecule has 3 amide bonds. The molecule has 20 heavy (non-hydrogen) atoms. The average Bonchev–Trinajstić information content (AvgIpc) is 2.95. The van der Waals surface area contributed by atoms with Crippen molar-refractivity contribution in [1.82, 2.24) is 16.2 Å². The minimum Gasteiger partial charge on any atom is -0.340 e. The van der Waals surface area contributed by atoms with E-state index < -0.39 is 11.4 Å². The number of carbonyl (C=O) groups is 2. The molecule has 0 bridgehead atoms. The molecule has 1 aliphatic rings. The molecule has 1 aromatic rings. The Balaban J connectivity index is 2.19. The number of hydrazine groups is 1. The number of benzene rings is 1. The second-order valence-electron chi connectivity index (χ2n) is 4.95. The first kappa shape index (κ1) is 14.3. The molecule has 3 N–H and O–H groups in total. The summed E-state index contributed by atoms with van der Waals surface area (Å²) in [5, 5.41) is 2.36. The second kappa shape index (κ2) is 5.90. The van der Waals surface area contributed by atoms with Crippen LogP contribution in [-0.2, 0) is 10.2 Å². The molecule has 0 radical (unpaired) electrons. The first-order valence-electron chi connectivity index (χ1n) is 6.63. The third-order valence-corrected chi connectivity index (χ3v) is 3.81. The third kappa shape index (κ3) is 2.74. The maximum atomic E-state index is 13.0. The van der Waals surface area contributed by atoms with E-state index in [2.05, 4.69) is 16.2 Å². The zero-order chi connectivity index (χ0) is 14.6. The maximum absolute atomic E-state index is 13.0. The van der Waals surface area contributed by atoms with Gasteiger partial charge in [-0.05, 0) is 30.5 Å². The van der Waals surface area contributed by atoms with Crippen LogP contribution in [-0.4, -0.2) is 19.0 Å². The average molecular weight is 279 g/mol. The Hall–Kier alpha value is -2.11. The van der Waals surface area contributed by atoms with Crippen LogP contribution < -0.4 is 16.2 Å². The van der Waals surface area contributed by atoms with Crippen molar-refractivity contribution in [3.63, 3.8) is 0 Å². The van der Waals surface area contributed by atoms with E-state index in [9.17, 15) is 14.0 Å². The maximum Gasteiger partial charge on any atom is 0.333 e. The summed E-state index contributed by atoms with van der Waals surface area (Å²) < 4.78 is 13.0. The Morgan fingerprint density at radius 2 is 1.70 bits per heavy atom. The molecule has 0 saturated heterocycles. The van der Waals surface area contributed by atoms with Crippen LogP contribution in [0.2, 0.25) is 0 Å². The number of halogens is 1. The molecule has 108 valence electrons. The fourth-order valence-electron chi connectivity index (χ4n) is 2.69. The summed E-state index contributed by atoms with van der Waals surface area (Å²) in [7, 11) is 1.47. The fraction of sp³-hybridized carbons (Fsp3) is 0.429. The zero-order valence-corrected chi connectivity index (χ0v) is 11.3. The van der Waals surface area contributed by atoms with E-state index in [0.717, 1.165) is 18.4 Å². The SMILES string of the molecule is CNC(=O)NNC(=O)C1(c2ccc(F)cc2)CCCC1. The molecule has 0 unspecified atom stereocenters. The van der Waals surface area contributed by atoms with Crippen LogP contribution in [0.1, 0.15) is 31.2 Å².